The Labute approximate surface area is 107 Å². The molecule has 0 aromatic heterocycles. The second kappa shape index (κ2) is 7.57. The van der Waals surface area contributed by atoms with Gasteiger partial charge in [0.15, 0.2) is 0 Å². The molecule has 0 aromatic carbocycles. The van der Waals surface area contributed by atoms with Crippen molar-refractivity contribution in [3.8, 4) is 0 Å². The number of hydrogen-bond acceptors (Lipinski definition) is 5. The Kier molecular flexibility index (Phi) is 7.24. The van der Waals surface area contributed by atoms with Gasteiger partial charge in [0.05, 0.1) is 23.9 Å². The Morgan fingerprint density at radius 3 is 2.53 bits per heavy atom. The first-order chi connectivity index (χ1) is 7.82. The summed E-state index contributed by atoms with van der Waals surface area (Å²) < 4.78 is 30.0. The molecule has 0 fully saturated rings. The molecule has 0 saturated carbocycles. The van der Waals surface area contributed by atoms with Gasteiger partial charge in [-0.15, -0.1) is 0 Å². The van der Waals surface area contributed by atoms with Crippen molar-refractivity contribution >= 4 is 33.2 Å². The molecule has 0 radical (unpaired) electrons. The van der Waals surface area contributed by atoms with Crippen molar-refractivity contribution in [2.24, 2.45) is 5.73 Å². The first-order valence-corrected chi connectivity index (χ1v) is 7.24. The second-order valence-electron chi connectivity index (χ2n) is 3.48. The molecular formula is C9H18N2O4S2. The Hall–Kier alpha value is -0.730. The lowest BCUT2D eigenvalue weighted by Gasteiger charge is -2.15. The van der Waals surface area contributed by atoms with Crippen LogP contribution in [0.3, 0.4) is 0 Å². The summed E-state index contributed by atoms with van der Waals surface area (Å²) >= 11 is 4.73. The highest BCUT2D eigenvalue weighted by atomic mass is 32.2. The van der Waals surface area contributed by atoms with Crippen LogP contribution < -0.4 is 10.5 Å². The van der Waals surface area contributed by atoms with Gasteiger partial charge in [-0.1, -0.05) is 19.1 Å². The highest BCUT2D eigenvalue weighted by molar-refractivity contribution is 7.89. The lowest BCUT2D eigenvalue weighted by atomic mass is 10.2. The maximum absolute atomic E-state index is 11.6. The number of methoxy groups -OCH3 is 1. The summed E-state index contributed by atoms with van der Waals surface area (Å²) in [7, 11) is -2.21. The number of carbonyl (C=O) groups is 1. The van der Waals surface area contributed by atoms with E-state index in [1.165, 1.54) is 7.11 Å². The van der Waals surface area contributed by atoms with Crippen LogP contribution in [0.4, 0.5) is 0 Å². The third-order valence-corrected chi connectivity index (χ3v) is 3.85. The third kappa shape index (κ3) is 7.24. The predicted octanol–water partition coefficient (Wildman–Crippen LogP) is -0.0763. The first-order valence-electron chi connectivity index (χ1n) is 5.18. The second-order valence-corrected chi connectivity index (χ2v) is 5.82. The molecule has 6 nitrogen and oxygen atoms in total. The average Bonchev–Trinajstić information content (AvgIpc) is 2.25. The van der Waals surface area contributed by atoms with Crippen molar-refractivity contribution in [2.75, 3.05) is 12.9 Å². The number of esters is 1. The number of thiocarbonyl (C=S) groups is 1. The van der Waals surface area contributed by atoms with E-state index in [0.29, 0.717) is 6.42 Å². The van der Waals surface area contributed by atoms with Crippen LogP contribution in [0.25, 0.3) is 0 Å². The van der Waals surface area contributed by atoms with Gasteiger partial charge in [0.1, 0.15) is 0 Å². The monoisotopic (exact) mass is 282 g/mol. The molecule has 8 heteroatoms. The number of ether oxygens (including phenoxy) is 1. The summed E-state index contributed by atoms with van der Waals surface area (Å²) in [5.41, 5.74) is 5.38. The maximum Gasteiger partial charge on any atom is 0.305 e. The normalized spacial score (nSPS) is 13.1. The largest absolute Gasteiger partial charge is 0.469 e. The van der Waals surface area contributed by atoms with E-state index >= 15 is 0 Å². The van der Waals surface area contributed by atoms with E-state index in [1.54, 1.807) is 6.92 Å². The SMILES string of the molecule is CCC(NS(=O)(=O)CCCC(=O)OC)C(N)=S. The van der Waals surface area contributed by atoms with E-state index in [9.17, 15) is 13.2 Å². The number of nitrogens with one attached hydrogen (secondary N) is 1. The zero-order chi connectivity index (χ0) is 13.5. The third-order valence-electron chi connectivity index (χ3n) is 2.10. The molecule has 0 bridgehead atoms. The summed E-state index contributed by atoms with van der Waals surface area (Å²) in [4.78, 5) is 10.9. The van der Waals surface area contributed by atoms with Gasteiger partial charge >= 0.3 is 5.97 Å². The van der Waals surface area contributed by atoms with E-state index in [4.69, 9.17) is 18.0 Å². The molecule has 0 heterocycles. The minimum atomic E-state index is -3.47. The molecule has 0 aromatic rings. The zero-order valence-corrected chi connectivity index (χ0v) is 11.6. The van der Waals surface area contributed by atoms with Crippen LogP contribution in [-0.4, -0.2) is 38.3 Å². The Morgan fingerprint density at radius 1 is 1.53 bits per heavy atom. The lowest BCUT2D eigenvalue weighted by Crippen LogP contribution is -2.43. The highest BCUT2D eigenvalue weighted by Crippen LogP contribution is 2.00. The van der Waals surface area contributed by atoms with Crippen molar-refractivity contribution in [3.05, 3.63) is 0 Å². The summed E-state index contributed by atoms with van der Waals surface area (Å²) in [5.74, 6) is -0.581. The lowest BCUT2D eigenvalue weighted by molar-refractivity contribution is -0.140. The smallest absolute Gasteiger partial charge is 0.305 e. The van der Waals surface area contributed by atoms with Gasteiger partial charge in [-0.25, -0.2) is 13.1 Å². The molecule has 100 valence electrons. The number of sulfonamides is 1. The molecule has 0 aliphatic rings. The Bertz CT molecular complexity index is 367. The molecule has 0 saturated heterocycles. The van der Waals surface area contributed by atoms with Crippen molar-refractivity contribution < 1.29 is 17.9 Å². The molecule has 0 aliphatic carbocycles. The summed E-state index contributed by atoms with van der Waals surface area (Å²) in [6.45, 7) is 1.78. The van der Waals surface area contributed by atoms with Crippen molar-refractivity contribution in [1.29, 1.82) is 0 Å². The fraction of sp³-hybridized carbons (Fsp3) is 0.778. The molecule has 0 amide bonds. The molecule has 3 N–H and O–H groups in total. The Morgan fingerprint density at radius 2 is 2.12 bits per heavy atom. The minimum absolute atomic E-state index is 0.0707. The predicted molar refractivity (Wildman–Crippen MR) is 69.0 cm³/mol. The maximum atomic E-state index is 11.6. The van der Waals surface area contributed by atoms with E-state index in [0.717, 1.165) is 0 Å². The van der Waals surface area contributed by atoms with E-state index in [-0.39, 0.29) is 23.6 Å². The van der Waals surface area contributed by atoms with Crippen LogP contribution in [0.5, 0.6) is 0 Å². The topological polar surface area (TPSA) is 98.5 Å². The number of nitrogens with two attached hydrogens (primary N) is 1. The van der Waals surface area contributed by atoms with Crippen LogP contribution in [-0.2, 0) is 19.6 Å². The highest BCUT2D eigenvalue weighted by Gasteiger charge is 2.18. The van der Waals surface area contributed by atoms with Crippen molar-refractivity contribution in [3.63, 3.8) is 0 Å². The molecule has 0 rings (SSSR count). The number of carbonyl (C=O) groups excluding carboxylic acids is 1. The quantitative estimate of drug-likeness (QED) is 0.477. The first kappa shape index (κ1) is 16.3. The van der Waals surface area contributed by atoms with Crippen LogP contribution in [0.1, 0.15) is 26.2 Å². The molecular weight excluding hydrogens is 264 g/mol. The van der Waals surface area contributed by atoms with E-state index in [2.05, 4.69) is 9.46 Å². The molecule has 17 heavy (non-hydrogen) atoms. The van der Waals surface area contributed by atoms with E-state index in [1.807, 2.05) is 0 Å². The molecule has 1 unspecified atom stereocenters. The van der Waals surface area contributed by atoms with Gasteiger partial charge in [0.25, 0.3) is 0 Å². The zero-order valence-electron chi connectivity index (χ0n) is 9.93. The molecule has 1 atom stereocenters. The van der Waals surface area contributed by atoms with Gasteiger partial charge in [-0.05, 0) is 12.8 Å². The average molecular weight is 282 g/mol. The van der Waals surface area contributed by atoms with Gasteiger partial charge < -0.3 is 10.5 Å². The van der Waals surface area contributed by atoms with Gasteiger partial charge in [-0.3, -0.25) is 4.79 Å². The van der Waals surface area contributed by atoms with Crippen LogP contribution in [0.15, 0.2) is 0 Å². The van der Waals surface area contributed by atoms with Crippen LogP contribution >= 0.6 is 12.2 Å². The van der Waals surface area contributed by atoms with Crippen LogP contribution in [0.2, 0.25) is 0 Å². The number of hydrogen-bond donors (Lipinski definition) is 2. The Balaban J connectivity index is 4.20. The van der Waals surface area contributed by atoms with Gasteiger partial charge in [0.2, 0.25) is 10.0 Å². The summed E-state index contributed by atoms with van der Waals surface area (Å²) in [6.07, 6.45) is 0.766. The summed E-state index contributed by atoms with van der Waals surface area (Å²) in [5, 5.41) is 0. The molecule has 0 aliphatic heterocycles. The van der Waals surface area contributed by atoms with Gasteiger partial charge in [-0.2, -0.15) is 0 Å². The van der Waals surface area contributed by atoms with E-state index < -0.39 is 22.0 Å². The fourth-order valence-electron chi connectivity index (χ4n) is 1.13. The summed E-state index contributed by atoms with van der Waals surface area (Å²) in [6, 6.07) is -0.534. The van der Waals surface area contributed by atoms with Crippen molar-refractivity contribution in [2.45, 2.75) is 32.2 Å². The minimum Gasteiger partial charge on any atom is -0.469 e. The number of rotatable bonds is 8. The molecule has 0 spiro atoms. The fourth-order valence-corrected chi connectivity index (χ4v) is 2.80. The van der Waals surface area contributed by atoms with Gasteiger partial charge in [0, 0.05) is 6.42 Å². The van der Waals surface area contributed by atoms with Crippen LogP contribution in [0, 0.1) is 0 Å². The standard InChI is InChI=1S/C9H18N2O4S2/c1-3-7(9(10)16)11-17(13,14)6-4-5-8(12)15-2/h7,11H,3-6H2,1-2H3,(H2,10,16). The van der Waals surface area contributed by atoms with Crippen molar-refractivity contribution in [1.82, 2.24) is 4.72 Å².